The summed E-state index contributed by atoms with van der Waals surface area (Å²) in [4.78, 5) is 40.3. The Labute approximate surface area is 199 Å². The minimum absolute atomic E-state index is 0.191. The average molecular weight is 472 g/mol. The molecule has 0 spiro atoms. The number of ether oxygens (including phenoxy) is 1. The molecular weight excluding hydrogens is 442 g/mol. The number of hydrogen-bond donors (Lipinski definition) is 2. The number of hydrogen-bond acceptors (Lipinski definition) is 4. The van der Waals surface area contributed by atoms with Crippen molar-refractivity contribution in [3.8, 4) is 0 Å². The Hall–Kier alpha value is -3.06. The minimum Gasteiger partial charge on any atom is -0.459 e. The van der Waals surface area contributed by atoms with E-state index in [9.17, 15) is 14.4 Å². The number of esters is 1. The maximum Gasteiger partial charge on any atom is 0.326 e. The number of urea groups is 1. The predicted octanol–water partition coefficient (Wildman–Crippen LogP) is 4.93. The summed E-state index contributed by atoms with van der Waals surface area (Å²) >= 11 is 5.98. The van der Waals surface area contributed by atoms with E-state index in [1.54, 1.807) is 45.0 Å². The molecule has 1 aliphatic heterocycles. The first kappa shape index (κ1) is 24.6. The number of likely N-dealkylation sites (tertiary alicyclic amines) is 1. The quantitative estimate of drug-likeness (QED) is 0.605. The summed E-state index contributed by atoms with van der Waals surface area (Å²) in [5, 5.41) is 5.96. The van der Waals surface area contributed by atoms with Crippen molar-refractivity contribution in [1.82, 2.24) is 10.2 Å². The largest absolute Gasteiger partial charge is 0.459 e. The van der Waals surface area contributed by atoms with Crippen molar-refractivity contribution < 1.29 is 19.1 Å². The van der Waals surface area contributed by atoms with Crippen LogP contribution in [0.4, 0.5) is 10.5 Å². The lowest BCUT2D eigenvalue weighted by Gasteiger charge is -2.32. The summed E-state index contributed by atoms with van der Waals surface area (Å²) in [5.41, 5.74) is 0.801. The summed E-state index contributed by atoms with van der Waals surface area (Å²) in [6.45, 7) is 5.17. The van der Waals surface area contributed by atoms with Gasteiger partial charge in [-0.2, -0.15) is 0 Å². The van der Waals surface area contributed by atoms with E-state index < -0.39 is 23.6 Å². The van der Waals surface area contributed by atoms with Crippen LogP contribution in [-0.4, -0.2) is 41.0 Å². The van der Waals surface area contributed by atoms with Crippen molar-refractivity contribution in [2.45, 2.75) is 57.7 Å². The summed E-state index contributed by atoms with van der Waals surface area (Å²) < 4.78 is 5.48. The molecule has 1 aliphatic rings. The zero-order chi connectivity index (χ0) is 24.0. The van der Waals surface area contributed by atoms with Crippen LogP contribution in [-0.2, 0) is 14.3 Å². The standard InChI is InChI=1S/C25H30ClN3O4/c1-25(2,3)33-22(30)16-29-21(17-9-5-4-6-10-17)14-8-13-20(23(29)31)28-24(32)27-19-12-7-11-18(26)15-19/h4-7,9-12,15,20-21H,8,13-14,16H2,1-3H3,(H2,27,28,32). The molecule has 33 heavy (non-hydrogen) atoms. The van der Waals surface area contributed by atoms with Crippen LogP contribution in [0, 0.1) is 0 Å². The zero-order valence-corrected chi connectivity index (χ0v) is 19.9. The van der Waals surface area contributed by atoms with E-state index in [4.69, 9.17) is 16.3 Å². The lowest BCUT2D eigenvalue weighted by molar-refractivity contribution is -0.160. The second kappa shape index (κ2) is 10.7. The first-order chi connectivity index (χ1) is 15.6. The van der Waals surface area contributed by atoms with Crippen LogP contribution < -0.4 is 10.6 Å². The molecule has 2 unspecified atom stereocenters. The van der Waals surface area contributed by atoms with Gasteiger partial charge in [0.25, 0.3) is 0 Å². The second-order valence-corrected chi connectivity index (χ2v) is 9.51. The molecule has 0 aliphatic carbocycles. The predicted molar refractivity (Wildman–Crippen MR) is 128 cm³/mol. The molecule has 0 radical (unpaired) electrons. The van der Waals surface area contributed by atoms with E-state index in [1.807, 2.05) is 30.3 Å². The molecular formula is C25H30ClN3O4. The molecule has 0 bridgehead atoms. The van der Waals surface area contributed by atoms with Crippen LogP contribution in [0.5, 0.6) is 0 Å². The molecule has 0 saturated carbocycles. The molecule has 2 N–H and O–H groups in total. The van der Waals surface area contributed by atoms with E-state index >= 15 is 0 Å². The van der Waals surface area contributed by atoms with Gasteiger partial charge in [0.2, 0.25) is 5.91 Å². The van der Waals surface area contributed by atoms with Gasteiger partial charge < -0.3 is 20.3 Å². The Balaban J connectivity index is 1.78. The highest BCUT2D eigenvalue weighted by Crippen LogP contribution is 2.31. The normalized spacial score (nSPS) is 18.9. The number of carbonyl (C=O) groups excluding carboxylic acids is 3. The van der Waals surface area contributed by atoms with Crippen LogP contribution in [0.3, 0.4) is 0 Å². The van der Waals surface area contributed by atoms with E-state index in [0.29, 0.717) is 30.0 Å². The highest BCUT2D eigenvalue weighted by molar-refractivity contribution is 6.30. The highest BCUT2D eigenvalue weighted by Gasteiger charge is 2.36. The van der Waals surface area contributed by atoms with E-state index in [0.717, 1.165) is 5.56 Å². The third-order valence-electron chi connectivity index (χ3n) is 5.22. The van der Waals surface area contributed by atoms with Crippen molar-refractivity contribution in [3.05, 3.63) is 65.2 Å². The highest BCUT2D eigenvalue weighted by atomic mass is 35.5. The van der Waals surface area contributed by atoms with Gasteiger partial charge in [-0.15, -0.1) is 0 Å². The van der Waals surface area contributed by atoms with Crippen molar-refractivity contribution >= 4 is 35.2 Å². The van der Waals surface area contributed by atoms with Gasteiger partial charge in [0.1, 0.15) is 18.2 Å². The molecule has 8 heteroatoms. The van der Waals surface area contributed by atoms with Crippen LogP contribution in [0.15, 0.2) is 54.6 Å². The van der Waals surface area contributed by atoms with E-state index in [2.05, 4.69) is 10.6 Å². The van der Waals surface area contributed by atoms with Crippen LogP contribution in [0.1, 0.15) is 51.6 Å². The summed E-state index contributed by atoms with van der Waals surface area (Å²) in [6, 6.07) is 14.8. The topological polar surface area (TPSA) is 87.7 Å². The SMILES string of the molecule is CC(C)(C)OC(=O)CN1C(=O)C(NC(=O)Nc2cccc(Cl)c2)CCCC1c1ccccc1. The lowest BCUT2D eigenvalue weighted by Crippen LogP contribution is -2.51. The molecule has 7 nitrogen and oxygen atoms in total. The summed E-state index contributed by atoms with van der Waals surface area (Å²) in [5.74, 6) is -0.797. The molecule has 1 heterocycles. The third kappa shape index (κ3) is 7.22. The van der Waals surface area contributed by atoms with Crippen molar-refractivity contribution in [2.24, 2.45) is 0 Å². The first-order valence-electron chi connectivity index (χ1n) is 11.0. The van der Waals surface area contributed by atoms with Crippen molar-refractivity contribution in [1.29, 1.82) is 0 Å². The molecule has 1 fully saturated rings. The maximum atomic E-state index is 13.5. The molecule has 3 rings (SSSR count). The van der Waals surface area contributed by atoms with Gasteiger partial charge >= 0.3 is 12.0 Å². The smallest absolute Gasteiger partial charge is 0.326 e. The van der Waals surface area contributed by atoms with Gasteiger partial charge in [0, 0.05) is 10.7 Å². The Morgan fingerprint density at radius 3 is 2.48 bits per heavy atom. The third-order valence-corrected chi connectivity index (χ3v) is 5.45. The molecule has 2 aromatic rings. The molecule has 176 valence electrons. The number of amides is 3. The van der Waals surface area contributed by atoms with E-state index in [-0.39, 0.29) is 18.5 Å². The number of nitrogens with zero attached hydrogens (tertiary/aromatic N) is 1. The van der Waals surface area contributed by atoms with Crippen molar-refractivity contribution in [2.75, 3.05) is 11.9 Å². The first-order valence-corrected chi connectivity index (χ1v) is 11.4. The molecule has 2 atom stereocenters. The Morgan fingerprint density at radius 1 is 1.09 bits per heavy atom. The fourth-order valence-corrected chi connectivity index (χ4v) is 4.09. The van der Waals surface area contributed by atoms with Crippen molar-refractivity contribution in [3.63, 3.8) is 0 Å². The Bertz CT molecular complexity index is 991. The van der Waals surface area contributed by atoms with Gasteiger partial charge in [-0.3, -0.25) is 9.59 Å². The van der Waals surface area contributed by atoms with Gasteiger partial charge in [0.15, 0.2) is 0 Å². The zero-order valence-electron chi connectivity index (χ0n) is 19.1. The van der Waals surface area contributed by atoms with Crippen LogP contribution in [0.2, 0.25) is 5.02 Å². The number of carbonyl (C=O) groups is 3. The monoisotopic (exact) mass is 471 g/mol. The fraction of sp³-hybridized carbons (Fsp3) is 0.400. The van der Waals surface area contributed by atoms with Crippen LogP contribution >= 0.6 is 11.6 Å². The van der Waals surface area contributed by atoms with Gasteiger partial charge in [0.05, 0.1) is 6.04 Å². The van der Waals surface area contributed by atoms with Crippen LogP contribution in [0.25, 0.3) is 0 Å². The number of anilines is 1. The summed E-state index contributed by atoms with van der Waals surface area (Å²) in [6.07, 6.45) is 1.85. The molecule has 3 amide bonds. The Kier molecular flexibility index (Phi) is 7.97. The number of benzene rings is 2. The molecule has 0 aromatic heterocycles. The lowest BCUT2D eigenvalue weighted by atomic mass is 10.0. The second-order valence-electron chi connectivity index (χ2n) is 9.07. The molecule has 1 saturated heterocycles. The fourth-order valence-electron chi connectivity index (χ4n) is 3.90. The van der Waals surface area contributed by atoms with Gasteiger partial charge in [-0.05, 0) is 63.8 Å². The number of nitrogens with one attached hydrogen (secondary N) is 2. The number of halogens is 1. The van der Waals surface area contributed by atoms with E-state index in [1.165, 1.54) is 4.90 Å². The maximum absolute atomic E-state index is 13.5. The number of rotatable bonds is 5. The Morgan fingerprint density at radius 2 is 1.82 bits per heavy atom. The van der Waals surface area contributed by atoms with Gasteiger partial charge in [-0.1, -0.05) is 48.0 Å². The minimum atomic E-state index is -0.764. The van der Waals surface area contributed by atoms with Gasteiger partial charge in [-0.25, -0.2) is 4.79 Å². The summed E-state index contributed by atoms with van der Waals surface area (Å²) in [7, 11) is 0. The average Bonchev–Trinajstić information content (AvgIpc) is 2.87. The molecule has 2 aromatic carbocycles.